The third-order valence-corrected chi connectivity index (χ3v) is 12.7. The van der Waals surface area contributed by atoms with E-state index in [4.69, 9.17) is 31.5 Å². The minimum atomic E-state index is 0.514. The molecule has 9 aromatic carbocycles. The Morgan fingerprint density at radius 2 is 0.845 bits per heavy atom. The molecule has 0 spiro atoms. The van der Waals surface area contributed by atoms with Gasteiger partial charge in [0.25, 0.3) is 0 Å². The van der Waals surface area contributed by atoms with Crippen molar-refractivity contribution in [2.75, 3.05) is 0 Å². The second-order valence-electron chi connectivity index (χ2n) is 17.1. The Morgan fingerprint density at radius 1 is 0.366 bits per heavy atom. The van der Waals surface area contributed by atoms with Gasteiger partial charge in [0, 0.05) is 55.3 Å². The largest absolute Gasteiger partial charge is 0.308 e. The van der Waals surface area contributed by atoms with Crippen molar-refractivity contribution in [3.05, 3.63) is 248 Å². The van der Waals surface area contributed by atoms with Crippen molar-refractivity contribution in [2.45, 2.75) is 0 Å². The Kier molecular flexibility index (Phi) is 10.8. The van der Waals surface area contributed by atoms with Crippen molar-refractivity contribution in [1.29, 1.82) is 5.26 Å². The van der Waals surface area contributed by atoms with Crippen LogP contribution in [0.15, 0.2) is 231 Å². The molecule has 0 amide bonds. The van der Waals surface area contributed by atoms with Gasteiger partial charge in [0.05, 0.1) is 46.3 Å². The molecule has 0 N–H and O–H groups in total. The highest BCUT2D eigenvalue weighted by Gasteiger charge is 2.24. The Labute approximate surface area is 410 Å². The van der Waals surface area contributed by atoms with Crippen LogP contribution in [0.3, 0.4) is 0 Å². The second-order valence-corrected chi connectivity index (χ2v) is 17.1. The van der Waals surface area contributed by atoms with Crippen molar-refractivity contribution in [1.82, 2.24) is 29.5 Å². The third-order valence-electron chi connectivity index (χ3n) is 12.7. The first-order chi connectivity index (χ1) is 35.1. The summed E-state index contributed by atoms with van der Waals surface area (Å²) >= 11 is 0. The van der Waals surface area contributed by atoms with E-state index in [1.54, 1.807) is 0 Å². The predicted octanol–water partition coefficient (Wildman–Crippen LogP) is 15.5. The van der Waals surface area contributed by atoms with Crippen molar-refractivity contribution in [3.8, 4) is 102 Å². The predicted molar refractivity (Wildman–Crippen MR) is 284 cm³/mol. The van der Waals surface area contributed by atoms with E-state index >= 15 is 0 Å². The van der Waals surface area contributed by atoms with Crippen LogP contribution in [0.5, 0.6) is 0 Å². The number of nitriles is 1. The summed E-state index contributed by atoms with van der Waals surface area (Å²) in [4.78, 5) is 29.4. The summed E-state index contributed by atoms with van der Waals surface area (Å²) in [5, 5.41) is 12.3. The van der Waals surface area contributed by atoms with Crippen LogP contribution in [-0.4, -0.2) is 29.5 Å². The van der Waals surface area contributed by atoms with Gasteiger partial charge in [-0.15, -0.1) is 0 Å². The zero-order valence-electron chi connectivity index (χ0n) is 38.0. The molecule has 0 saturated heterocycles. The first kappa shape index (κ1) is 42.2. The van der Waals surface area contributed by atoms with E-state index in [0.717, 1.165) is 94.5 Å². The van der Waals surface area contributed by atoms with Crippen molar-refractivity contribution < 1.29 is 0 Å². The summed E-state index contributed by atoms with van der Waals surface area (Å²) < 4.78 is 2.31. The lowest BCUT2D eigenvalue weighted by Crippen LogP contribution is -2.03. The Balaban J connectivity index is 1.15. The van der Waals surface area contributed by atoms with Crippen LogP contribution in [-0.2, 0) is 0 Å². The molecular formula is C63H38N8. The smallest absolute Gasteiger partial charge is 0.187 e. The molecule has 0 aliphatic rings. The number of para-hydroxylation sites is 1. The van der Waals surface area contributed by atoms with E-state index in [-0.39, 0.29) is 0 Å². The molecule has 71 heavy (non-hydrogen) atoms. The van der Waals surface area contributed by atoms with Gasteiger partial charge in [0.15, 0.2) is 29.0 Å². The van der Waals surface area contributed by atoms with Crippen molar-refractivity contribution >= 4 is 27.5 Å². The van der Waals surface area contributed by atoms with Crippen LogP contribution in [0.4, 0.5) is 5.69 Å². The molecule has 3 aromatic heterocycles. The Hall–Kier alpha value is -10.2. The molecule has 0 aliphatic heterocycles. The number of rotatable bonds is 9. The first-order valence-electron chi connectivity index (χ1n) is 23.2. The minimum absolute atomic E-state index is 0.514. The molecule has 12 aromatic rings. The number of benzene rings is 9. The Bertz CT molecular complexity index is 3870. The maximum atomic E-state index is 10.3. The SMILES string of the molecule is [C-]#[N+]c1cccc(-c2cc(-c3cc(-c4ccccc4)nc(-c4ccccc4)n3)cc(-c3cccc(C#N)c3)c2-n2c3ccccc3c3cc(-c4nc(-c5ccccc5)nc(-c5ccccc5)n4)ccc32)c1. The standard InChI is InChI=1S/C63H38N8/c1-65-50-29-17-28-47(35-50)53-38-49(56-39-55(42-19-6-2-7-20-42)66-60(67-56)43-21-8-3-9-22-43)37-52(46-27-16-18-41(34-46)40-64)59(53)71-57-31-15-14-30-51(57)54-36-48(32-33-58(54)71)63-69-61(44-23-10-4-11-24-44)68-62(70-63)45-25-12-5-13-26-45/h2-39H. The Morgan fingerprint density at radius 3 is 1.44 bits per heavy atom. The van der Waals surface area contributed by atoms with Gasteiger partial charge in [-0.3, -0.25) is 0 Å². The summed E-state index contributed by atoms with van der Waals surface area (Å²) in [5.74, 6) is 2.32. The van der Waals surface area contributed by atoms with Gasteiger partial charge in [-0.05, 0) is 71.8 Å². The molecule has 0 bridgehead atoms. The van der Waals surface area contributed by atoms with Gasteiger partial charge in [0.1, 0.15) is 0 Å². The lowest BCUT2D eigenvalue weighted by atomic mass is 9.91. The van der Waals surface area contributed by atoms with Crippen molar-refractivity contribution in [2.24, 2.45) is 0 Å². The quantitative estimate of drug-likeness (QED) is 0.134. The highest BCUT2D eigenvalue weighted by atomic mass is 15.0. The zero-order valence-corrected chi connectivity index (χ0v) is 38.0. The molecule has 8 heteroatoms. The first-order valence-corrected chi connectivity index (χ1v) is 23.2. The summed E-state index contributed by atoms with van der Waals surface area (Å²) in [5.41, 5.74) is 14.1. The van der Waals surface area contributed by atoms with Crippen LogP contribution >= 0.6 is 0 Å². The van der Waals surface area contributed by atoms with Gasteiger partial charge in [-0.25, -0.2) is 29.8 Å². The second kappa shape index (κ2) is 18.2. The molecule has 0 unspecified atom stereocenters. The fraction of sp³-hybridized carbons (Fsp3) is 0. The lowest BCUT2D eigenvalue weighted by Gasteiger charge is -2.21. The highest BCUT2D eigenvalue weighted by Crippen LogP contribution is 2.45. The molecule has 12 rings (SSSR count). The van der Waals surface area contributed by atoms with Crippen molar-refractivity contribution in [3.63, 3.8) is 0 Å². The van der Waals surface area contributed by atoms with Gasteiger partial charge in [-0.2, -0.15) is 5.26 Å². The summed E-state index contributed by atoms with van der Waals surface area (Å²) in [6, 6.07) is 79.2. The fourth-order valence-corrected chi connectivity index (χ4v) is 9.32. The molecule has 3 heterocycles. The third kappa shape index (κ3) is 8.04. The zero-order chi connectivity index (χ0) is 47.7. The van der Waals surface area contributed by atoms with E-state index in [2.05, 4.69) is 94.3 Å². The minimum Gasteiger partial charge on any atom is -0.308 e. The number of fused-ring (bicyclic) bond motifs is 3. The number of hydrogen-bond donors (Lipinski definition) is 0. The van der Waals surface area contributed by atoms with E-state index < -0.39 is 0 Å². The average molecular weight is 907 g/mol. The number of hydrogen-bond acceptors (Lipinski definition) is 6. The van der Waals surface area contributed by atoms with Gasteiger partial charge in [-0.1, -0.05) is 170 Å². The summed E-state index contributed by atoms with van der Waals surface area (Å²) in [7, 11) is 0. The molecule has 330 valence electrons. The number of aromatic nitrogens is 6. The van der Waals surface area contributed by atoms with Crippen LogP contribution in [0.1, 0.15) is 5.56 Å². The van der Waals surface area contributed by atoms with E-state index in [1.165, 1.54) is 0 Å². The maximum Gasteiger partial charge on any atom is 0.187 e. The van der Waals surface area contributed by atoms with Gasteiger partial charge < -0.3 is 4.57 Å². The lowest BCUT2D eigenvalue weighted by molar-refractivity contribution is 1.07. The molecule has 0 fully saturated rings. The maximum absolute atomic E-state index is 10.3. The van der Waals surface area contributed by atoms with E-state index in [1.807, 2.05) is 152 Å². The highest BCUT2D eigenvalue weighted by molar-refractivity contribution is 6.12. The van der Waals surface area contributed by atoms with Gasteiger partial charge in [0.2, 0.25) is 0 Å². The molecule has 0 atom stereocenters. The van der Waals surface area contributed by atoms with Crippen LogP contribution in [0, 0.1) is 17.9 Å². The molecule has 8 nitrogen and oxygen atoms in total. The molecule has 0 radical (unpaired) electrons. The van der Waals surface area contributed by atoms with Crippen LogP contribution < -0.4 is 0 Å². The molecule has 0 saturated carbocycles. The normalized spacial score (nSPS) is 11.1. The fourth-order valence-electron chi connectivity index (χ4n) is 9.32. The van der Waals surface area contributed by atoms with Crippen LogP contribution in [0.25, 0.3) is 123 Å². The summed E-state index contributed by atoms with van der Waals surface area (Å²) in [6.45, 7) is 8.09. The summed E-state index contributed by atoms with van der Waals surface area (Å²) in [6.07, 6.45) is 0. The van der Waals surface area contributed by atoms with E-state index in [9.17, 15) is 5.26 Å². The topological polar surface area (TPSA) is 97.5 Å². The van der Waals surface area contributed by atoms with Crippen LogP contribution in [0.2, 0.25) is 0 Å². The number of nitrogens with zero attached hydrogens (tertiary/aromatic N) is 8. The van der Waals surface area contributed by atoms with E-state index in [0.29, 0.717) is 34.5 Å². The molecule has 0 aliphatic carbocycles. The average Bonchev–Trinajstić information content (AvgIpc) is 3.78. The molecular weight excluding hydrogens is 869 g/mol. The monoisotopic (exact) mass is 906 g/mol. The van der Waals surface area contributed by atoms with Gasteiger partial charge >= 0.3 is 0 Å².